The molecule has 0 radical (unpaired) electrons. The minimum Gasteiger partial charge on any atom is -0.469 e. The van der Waals surface area contributed by atoms with Crippen LogP contribution < -0.4 is 5.32 Å². The molecule has 1 aliphatic carbocycles. The zero-order valence-corrected chi connectivity index (χ0v) is 36.4. The predicted molar refractivity (Wildman–Crippen MR) is 222 cm³/mol. The van der Waals surface area contributed by atoms with Gasteiger partial charge < -0.3 is 62.9 Å². The van der Waals surface area contributed by atoms with Crippen LogP contribution in [0.25, 0.3) is 0 Å². The molecule has 344 valence electrons. The van der Waals surface area contributed by atoms with Crippen LogP contribution in [-0.4, -0.2) is 142 Å². The molecule has 1 amide bonds. The molecule has 2 saturated heterocycles. The van der Waals surface area contributed by atoms with Crippen molar-refractivity contribution in [3.8, 4) is 0 Å². The third-order valence-electron chi connectivity index (χ3n) is 11.2. The van der Waals surface area contributed by atoms with Gasteiger partial charge in [0.2, 0.25) is 0 Å². The van der Waals surface area contributed by atoms with Crippen LogP contribution in [0.3, 0.4) is 0 Å². The van der Waals surface area contributed by atoms with E-state index in [0.29, 0.717) is 26.2 Å². The van der Waals surface area contributed by atoms with Crippen molar-refractivity contribution < 1.29 is 72.0 Å². The van der Waals surface area contributed by atoms with Gasteiger partial charge in [-0.3, -0.25) is 4.79 Å². The number of benzene rings is 1. The van der Waals surface area contributed by atoms with E-state index < -0.39 is 110 Å². The monoisotopic (exact) mass is 863 g/mol. The summed E-state index contributed by atoms with van der Waals surface area (Å²) in [4.78, 5) is 39.0. The lowest BCUT2D eigenvalue weighted by molar-refractivity contribution is -0.346. The van der Waals surface area contributed by atoms with Crippen LogP contribution in [0.15, 0.2) is 55.6 Å². The fourth-order valence-corrected chi connectivity index (χ4v) is 7.72. The van der Waals surface area contributed by atoms with Gasteiger partial charge in [0.25, 0.3) is 0 Å². The van der Waals surface area contributed by atoms with Gasteiger partial charge in [-0.25, -0.2) is 9.59 Å². The zero-order chi connectivity index (χ0) is 44.3. The van der Waals surface area contributed by atoms with E-state index in [1.54, 1.807) is 36.4 Å². The normalized spacial score (nSPS) is 32.6. The van der Waals surface area contributed by atoms with Crippen LogP contribution >= 0.6 is 0 Å². The Labute approximate surface area is 360 Å². The van der Waals surface area contributed by atoms with Crippen LogP contribution in [0.4, 0.5) is 4.79 Å². The third-order valence-corrected chi connectivity index (χ3v) is 11.2. The maximum Gasteiger partial charge on any atom is 0.407 e. The van der Waals surface area contributed by atoms with Crippen LogP contribution in [0.1, 0.15) is 89.4 Å². The van der Waals surface area contributed by atoms with Crippen LogP contribution in [0, 0.1) is 11.8 Å². The lowest BCUT2D eigenvalue weighted by Gasteiger charge is -2.49. The standard InChI is InChI=1S/C45H69NO15/c1-8-13-22-53-37-28(6)58-44(40(55-24-15-10-3)39(37)54-23-14-9-2)61-38-29(12-5)25-31(41(49)52-7)26-32(38)59-43-34(46-45(51)56-21-11-4)36(48)35(47)33(60-43)27-57-42(50)30-19-17-16-18-20-30/h11-12,16-20,28-29,31-40,43-44,47-48H,4-5,8-10,13-15,21-27H2,1-3,6-7H3,(H,46,51)/t28-,29?,31?,32+,33-,34?,35-,36?,37?,38+,39-,40-,43+,44?/m0/s1. The SMILES string of the molecule is C=CCOC(=O)NC1C(O)[C@@H](O)[C@H](COC(=O)c2ccccc2)O[C@H]1O[C@@H]1CC(C(=O)OC)CC(C=C)[C@H]1OC1O[C@@H](C)C(OCCCC)[C@H](OCCCC)[C@@H]1OCCCC. The maximum absolute atomic E-state index is 13.2. The lowest BCUT2D eigenvalue weighted by Crippen LogP contribution is -2.66. The Kier molecular flexibility index (Phi) is 21.6. The number of nitrogens with one attached hydrogen (secondary N) is 1. The number of methoxy groups -OCH3 is 1. The van der Waals surface area contributed by atoms with Gasteiger partial charge in [0.05, 0.1) is 36.9 Å². The number of amides is 1. The number of esters is 2. The van der Waals surface area contributed by atoms with Crippen molar-refractivity contribution in [3.05, 3.63) is 61.2 Å². The second kappa shape index (κ2) is 26.2. The molecule has 0 spiro atoms. The quantitative estimate of drug-likeness (QED) is 0.0542. The molecule has 3 fully saturated rings. The maximum atomic E-state index is 13.2. The number of rotatable bonds is 24. The summed E-state index contributed by atoms with van der Waals surface area (Å²) < 4.78 is 61.9. The number of carbonyl (C=O) groups is 3. The van der Waals surface area contributed by atoms with Crippen LogP contribution in [-0.2, 0) is 52.2 Å². The third kappa shape index (κ3) is 14.3. The molecule has 1 aromatic rings. The fourth-order valence-electron chi connectivity index (χ4n) is 7.72. The Morgan fingerprint density at radius 1 is 0.803 bits per heavy atom. The van der Waals surface area contributed by atoms with E-state index in [4.69, 9.17) is 47.4 Å². The summed E-state index contributed by atoms with van der Waals surface area (Å²) in [5, 5.41) is 25.3. The van der Waals surface area contributed by atoms with Crippen molar-refractivity contribution in [2.45, 2.75) is 153 Å². The first-order valence-electron chi connectivity index (χ1n) is 21.8. The molecule has 61 heavy (non-hydrogen) atoms. The molecule has 2 heterocycles. The number of hydrogen-bond donors (Lipinski definition) is 3. The summed E-state index contributed by atoms with van der Waals surface area (Å²) in [5.74, 6) is -2.35. The summed E-state index contributed by atoms with van der Waals surface area (Å²) in [6.07, 6.45) is -3.50. The number of ether oxygens (including phenoxy) is 10. The summed E-state index contributed by atoms with van der Waals surface area (Å²) in [7, 11) is 1.30. The summed E-state index contributed by atoms with van der Waals surface area (Å²) in [5.41, 5.74) is 0.269. The lowest BCUT2D eigenvalue weighted by atomic mass is 9.77. The van der Waals surface area contributed by atoms with Gasteiger partial charge >= 0.3 is 18.0 Å². The number of hydrogen-bond acceptors (Lipinski definition) is 15. The molecular formula is C45H69NO15. The van der Waals surface area contributed by atoms with Gasteiger partial charge in [-0.15, -0.1) is 6.58 Å². The summed E-state index contributed by atoms with van der Waals surface area (Å²) in [6, 6.07) is 6.83. The molecule has 16 heteroatoms. The van der Waals surface area contributed by atoms with Crippen LogP contribution in [0.2, 0.25) is 0 Å². The average Bonchev–Trinajstić information content (AvgIpc) is 3.27. The van der Waals surface area contributed by atoms with Gasteiger partial charge in [0.15, 0.2) is 12.6 Å². The molecule has 4 rings (SSSR count). The Balaban J connectivity index is 1.70. The second-order valence-corrected chi connectivity index (χ2v) is 15.7. The van der Waals surface area contributed by atoms with Gasteiger partial charge in [-0.1, -0.05) is 77.0 Å². The molecule has 16 nitrogen and oxygen atoms in total. The van der Waals surface area contributed by atoms with E-state index in [0.717, 1.165) is 38.5 Å². The molecule has 3 N–H and O–H groups in total. The van der Waals surface area contributed by atoms with E-state index in [2.05, 4.69) is 39.2 Å². The van der Waals surface area contributed by atoms with Crippen molar-refractivity contribution in [2.75, 3.05) is 40.1 Å². The Morgan fingerprint density at radius 3 is 2.05 bits per heavy atom. The predicted octanol–water partition coefficient (Wildman–Crippen LogP) is 5.03. The van der Waals surface area contributed by atoms with Gasteiger partial charge in [-0.05, 0) is 51.2 Å². The molecule has 0 bridgehead atoms. The number of alkyl carbamates (subject to hydrolysis) is 1. The topological polar surface area (TPSA) is 196 Å². The Hall–Kier alpha value is -3.45. The van der Waals surface area contributed by atoms with Crippen LogP contribution in [0.5, 0.6) is 0 Å². The molecule has 3 aliphatic rings. The highest BCUT2D eigenvalue weighted by molar-refractivity contribution is 5.89. The summed E-state index contributed by atoms with van der Waals surface area (Å²) >= 11 is 0. The van der Waals surface area contributed by atoms with Gasteiger partial charge in [0.1, 0.15) is 55.9 Å². The Morgan fingerprint density at radius 2 is 1.44 bits per heavy atom. The molecule has 0 aromatic heterocycles. The van der Waals surface area contributed by atoms with E-state index in [-0.39, 0.29) is 18.6 Å². The highest BCUT2D eigenvalue weighted by Gasteiger charge is 2.53. The summed E-state index contributed by atoms with van der Waals surface area (Å²) in [6.45, 7) is 16.6. The molecular weight excluding hydrogens is 794 g/mol. The first-order valence-corrected chi connectivity index (χ1v) is 21.8. The average molecular weight is 864 g/mol. The van der Waals surface area contributed by atoms with Crippen molar-refractivity contribution in [1.82, 2.24) is 5.32 Å². The van der Waals surface area contributed by atoms with E-state index in [1.165, 1.54) is 13.2 Å². The van der Waals surface area contributed by atoms with Crippen molar-refractivity contribution in [1.29, 1.82) is 0 Å². The van der Waals surface area contributed by atoms with E-state index in [9.17, 15) is 24.6 Å². The molecule has 2 aliphatic heterocycles. The largest absolute Gasteiger partial charge is 0.469 e. The smallest absolute Gasteiger partial charge is 0.407 e. The highest BCUT2D eigenvalue weighted by Crippen LogP contribution is 2.40. The fraction of sp³-hybridized carbons (Fsp3) is 0.711. The molecule has 1 aromatic carbocycles. The van der Waals surface area contributed by atoms with Crippen molar-refractivity contribution in [2.24, 2.45) is 11.8 Å². The first kappa shape index (κ1) is 50.2. The van der Waals surface area contributed by atoms with Crippen molar-refractivity contribution >= 4 is 18.0 Å². The number of aliphatic hydroxyl groups is 2. The number of carbonyl (C=O) groups excluding carboxylic acids is 3. The second-order valence-electron chi connectivity index (χ2n) is 15.7. The molecule has 14 atom stereocenters. The van der Waals surface area contributed by atoms with Crippen molar-refractivity contribution in [3.63, 3.8) is 0 Å². The molecule has 1 saturated carbocycles. The van der Waals surface area contributed by atoms with Gasteiger partial charge in [0, 0.05) is 25.7 Å². The minimum atomic E-state index is -1.70. The number of unbranched alkanes of at least 4 members (excludes halogenated alkanes) is 3. The highest BCUT2D eigenvalue weighted by atomic mass is 16.7. The van der Waals surface area contributed by atoms with E-state index in [1.807, 2.05) is 6.92 Å². The first-order chi connectivity index (χ1) is 29.5. The zero-order valence-electron chi connectivity index (χ0n) is 36.4. The molecule has 6 unspecified atom stereocenters. The Bertz CT molecular complexity index is 1480. The van der Waals surface area contributed by atoms with Gasteiger partial charge in [-0.2, -0.15) is 0 Å². The number of aliphatic hydroxyl groups excluding tert-OH is 2. The minimum absolute atomic E-state index is 0.0598. The van der Waals surface area contributed by atoms with E-state index >= 15 is 0 Å².